The first kappa shape index (κ1) is 18.9. The Balaban J connectivity index is 1.17. The van der Waals surface area contributed by atoms with E-state index in [1.54, 1.807) is 0 Å². The van der Waals surface area contributed by atoms with E-state index in [1.807, 2.05) is 0 Å². The zero-order chi connectivity index (χ0) is 20.2. The van der Waals surface area contributed by atoms with E-state index in [4.69, 9.17) is 4.98 Å². The molecule has 1 N–H and O–H groups in total. The van der Waals surface area contributed by atoms with Crippen LogP contribution in [0.4, 0.5) is 5.69 Å². The van der Waals surface area contributed by atoms with Crippen molar-refractivity contribution in [1.29, 1.82) is 0 Å². The molecule has 3 aromatic carbocycles. The van der Waals surface area contributed by atoms with E-state index < -0.39 is 0 Å². The zero-order valence-electron chi connectivity index (χ0n) is 17.3. The average Bonchev–Trinajstić information content (AvgIpc) is 3.21. The van der Waals surface area contributed by atoms with Gasteiger partial charge in [0.25, 0.3) is 0 Å². The lowest BCUT2D eigenvalue weighted by molar-refractivity contribution is 0.261. The van der Waals surface area contributed by atoms with E-state index in [9.17, 15) is 0 Å². The van der Waals surface area contributed by atoms with Crippen molar-refractivity contribution in [2.75, 3.05) is 37.6 Å². The predicted octanol–water partition coefficient (Wildman–Crippen LogP) is 4.52. The van der Waals surface area contributed by atoms with Crippen molar-refractivity contribution >= 4 is 16.7 Å². The number of benzene rings is 3. The van der Waals surface area contributed by atoms with E-state index in [-0.39, 0.29) is 0 Å². The summed E-state index contributed by atoms with van der Waals surface area (Å²) >= 11 is 0. The van der Waals surface area contributed by atoms with Crippen molar-refractivity contribution in [2.24, 2.45) is 0 Å². The van der Waals surface area contributed by atoms with Crippen molar-refractivity contribution in [3.8, 4) is 0 Å². The molecule has 1 aliphatic heterocycles. The first-order chi connectivity index (χ1) is 14.8. The number of rotatable bonds is 6. The Labute approximate surface area is 178 Å². The summed E-state index contributed by atoms with van der Waals surface area (Å²) in [6.45, 7) is 5.57. The molecule has 0 unspecified atom stereocenters. The highest BCUT2D eigenvalue weighted by molar-refractivity contribution is 5.76. The lowest BCUT2D eigenvalue weighted by Gasteiger charge is -2.36. The number of aromatic nitrogens is 2. The van der Waals surface area contributed by atoms with Crippen LogP contribution in [-0.4, -0.2) is 47.6 Å². The molecule has 30 heavy (non-hydrogen) atoms. The molecule has 1 saturated heterocycles. The van der Waals surface area contributed by atoms with Gasteiger partial charge in [0.05, 0.1) is 11.0 Å². The number of H-pyrrole nitrogens is 1. The van der Waals surface area contributed by atoms with Crippen molar-refractivity contribution in [3.05, 3.63) is 95.8 Å². The van der Waals surface area contributed by atoms with Gasteiger partial charge in [0.2, 0.25) is 0 Å². The third kappa shape index (κ3) is 4.39. The van der Waals surface area contributed by atoms with Crippen LogP contribution >= 0.6 is 0 Å². The summed E-state index contributed by atoms with van der Waals surface area (Å²) in [7, 11) is 0. The van der Waals surface area contributed by atoms with Gasteiger partial charge in [-0.1, -0.05) is 54.6 Å². The van der Waals surface area contributed by atoms with Crippen molar-refractivity contribution < 1.29 is 0 Å². The van der Waals surface area contributed by atoms with Crippen LogP contribution in [0.15, 0.2) is 78.9 Å². The number of imidazole rings is 1. The molecule has 4 heteroatoms. The predicted molar refractivity (Wildman–Crippen MR) is 124 cm³/mol. The molecule has 5 rings (SSSR count). The molecule has 0 radical (unpaired) electrons. The number of aromatic amines is 1. The van der Waals surface area contributed by atoms with Crippen LogP contribution in [0.25, 0.3) is 11.0 Å². The van der Waals surface area contributed by atoms with Crippen molar-refractivity contribution in [2.45, 2.75) is 12.8 Å². The molecular formula is C26H28N4. The van der Waals surface area contributed by atoms with E-state index in [1.165, 1.54) is 16.8 Å². The molecule has 0 saturated carbocycles. The third-order valence-electron chi connectivity index (χ3n) is 6.02. The number of anilines is 1. The number of nitrogens with zero attached hydrogens (tertiary/aromatic N) is 3. The summed E-state index contributed by atoms with van der Waals surface area (Å²) in [6.07, 6.45) is 1.92. The maximum atomic E-state index is 4.76. The van der Waals surface area contributed by atoms with Gasteiger partial charge >= 0.3 is 0 Å². The Bertz CT molecular complexity index is 1080. The summed E-state index contributed by atoms with van der Waals surface area (Å²) < 4.78 is 0. The summed E-state index contributed by atoms with van der Waals surface area (Å²) in [5, 5.41) is 0. The van der Waals surface area contributed by atoms with E-state index in [0.717, 1.165) is 62.4 Å². The second-order valence-corrected chi connectivity index (χ2v) is 8.11. The Kier molecular flexibility index (Phi) is 5.49. The normalized spacial score (nSPS) is 15.0. The molecular weight excluding hydrogens is 368 g/mol. The highest BCUT2D eigenvalue weighted by Crippen LogP contribution is 2.18. The molecule has 0 spiro atoms. The highest BCUT2D eigenvalue weighted by Gasteiger charge is 2.16. The van der Waals surface area contributed by atoms with Crippen molar-refractivity contribution in [3.63, 3.8) is 0 Å². The summed E-state index contributed by atoms with van der Waals surface area (Å²) in [6, 6.07) is 27.9. The summed E-state index contributed by atoms with van der Waals surface area (Å²) in [5.41, 5.74) is 6.20. The van der Waals surface area contributed by atoms with Gasteiger partial charge in [0, 0.05) is 44.8 Å². The fraction of sp³-hybridized carbons (Fsp3) is 0.269. The smallest absolute Gasteiger partial charge is 0.111 e. The molecule has 152 valence electrons. The van der Waals surface area contributed by atoms with Gasteiger partial charge in [-0.05, 0) is 41.8 Å². The Morgan fingerprint density at radius 2 is 1.50 bits per heavy atom. The molecule has 0 atom stereocenters. The molecule has 0 bridgehead atoms. The SMILES string of the molecule is c1ccc(Cc2nc3ccc(CCN4CCN(c5ccccc5)CC4)cc3[nH]2)cc1. The van der Waals surface area contributed by atoms with Crippen LogP contribution in [0, 0.1) is 0 Å². The maximum Gasteiger partial charge on any atom is 0.111 e. The number of nitrogens with one attached hydrogen (secondary N) is 1. The van der Waals surface area contributed by atoms with E-state index >= 15 is 0 Å². The monoisotopic (exact) mass is 396 g/mol. The fourth-order valence-corrected chi connectivity index (χ4v) is 4.29. The largest absolute Gasteiger partial charge is 0.369 e. The first-order valence-electron chi connectivity index (χ1n) is 10.9. The van der Waals surface area contributed by atoms with Crippen LogP contribution in [0.1, 0.15) is 17.0 Å². The second kappa shape index (κ2) is 8.72. The number of para-hydroxylation sites is 1. The first-order valence-corrected chi connectivity index (χ1v) is 10.9. The Morgan fingerprint density at radius 1 is 0.767 bits per heavy atom. The molecule has 1 fully saturated rings. The molecule has 0 aliphatic carbocycles. The number of hydrogen-bond acceptors (Lipinski definition) is 3. The topological polar surface area (TPSA) is 35.2 Å². The van der Waals surface area contributed by atoms with Crippen LogP contribution in [0.3, 0.4) is 0 Å². The average molecular weight is 397 g/mol. The zero-order valence-corrected chi connectivity index (χ0v) is 17.3. The quantitative estimate of drug-likeness (QED) is 0.520. The van der Waals surface area contributed by atoms with Gasteiger partial charge in [-0.2, -0.15) is 0 Å². The van der Waals surface area contributed by atoms with Crippen LogP contribution < -0.4 is 4.90 Å². The van der Waals surface area contributed by atoms with Gasteiger partial charge in [-0.15, -0.1) is 0 Å². The van der Waals surface area contributed by atoms with Gasteiger partial charge in [0.15, 0.2) is 0 Å². The van der Waals surface area contributed by atoms with E-state index in [2.05, 4.69) is 93.6 Å². The number of hydrogen-bond donors (Lipinski definition) is 1. The molecule has 1 aromatic heterocycles. The van der Waals surface area contributed by atoms with Gasteiger partial charge in [-0.25, -0.2) is 4.98 Å². The van der Waals surface area contributed by atoms with Gasteiger partial charge in [0.1, 0.15) is 5.82 Å². The summed E-state index contributed by atoms with van der Waals surface area (Å²) in [5.74, 6) is 1.03. The Morgan fingerprint density at radius 3 is 2.27 bits per heavy atom. The lowest BCUT2D eigenvalue weighted by Crippen LogP contribution is -2.46. The second-order valence-electron chi connectivity index (χ2n) is 8.11. The van der Waals surface area contributed by atoms with Crippen LogP contribution in [0.5, 0.6) is 0 Å². The van der Waals surface area contributed by atoms with Crippen LogP contribution in [0.2, 0.25) is 0 Å². The summed E-state index contributed by atoms with van der Waals surface area (Å²) in [4.78, 5) is 13.3. The maximum absolute atomic E-state index is 4.76. The number of piperazine rings is 1. The molecule has 2 heterocycles. The van der Waals surface area contributed by atoms with Crippen LogP contribution in [-0.2, 0) is 12.8 Å². The van der Waals surface area contributed by atoms with Gasteiger partial charge in [-0.3, -0.25) is 4.90 Å². The molecule has 1 aliphatic rings. The Hall–Kier alpha value is -3.11. The minimum absolute atomic E-state index is 0.844. The third-order valence-corrected chi connectivity index (χ3v) is 6.02. The molecule has 4 nitrogen and oxygen atoms in total. The lowest BCUT2D eigenvalue weighted by atomic mass is 10.1. The minimum Gasteiger partial charge on any atom is -0.369 e. The molecule has 4 aromatic rings. The molecule has 0 amide bonds. The number of fused-ring (bicyclic) bond motifs is 1. The van der Waals surface area contributed by atoms with Crippen molar-refractivity contribution in [1.82, 2.24) is 14.9 Å². The fourth-order valence-electron chi connectivity index (χ4n) is 4.29. The van der Waals surface area contributed by atoms with E-state index in [0.29, 0.717) is 0 Å². The highest BCUT2D eigenvalue weighted by atomic mass is 15.3. The minimum atomic E-state index is 0.844. The standard InChI is InChI=1S/C26H28N4/c1-3-7-21(8-4-1)20-26-27-24-12-11-22(19-25(24)28-26)13-14-29-15-17-30(18-16-29)23-9-5-2-6-10-23/h1-12,19H,13-18,20H2,(H,27,28). The van der Waals surface area contributed by atoms with Gasteiger partial charge < -0.3 is 9.88 Å².